The van der Waals surface area contributed by atoms with Crippen LogP contribution in [0, 0.1) is 0 Å². The number of aliphatic imine (C=N–C) groups is 1. The molecule has 0 bridgehead atoms. The van der Waals surface area contributed by atoms with Crippen LogP contribution in [-0.2, 0) is 17.8 Å². The summed E-state index contributed by atoms with van der Waals surface area (Å²) in [6, 6.07) is 0. The maximum atomic E-state index is 4.99. The van der Waals surface area contributed by atoms with Gasteiger partial charge in [0.25, 0.3) is 0 Å². The summed E-state index contributed by atoms with van der Waals surface area (Å²) in [6.45, 7) is 7.64. The molecular formula is C11H23IN6O. The molecule has 1 heterocycles. The van der Waals surface area contributed by atoms with E-state index in [-0.39, 0.29) is 24.0 Å². The normalized spacial score (nSPS) is 11.0. The van der Waals surface area contributed by atoms with Crippen LogP contribution in [0.25, 0.3) is 0 Å². The number of hydrogen-bond donors (Lipinski definition) is 2. The Hall–Kier alpha value is -0.900. The van der Waals surface area contributed by atoms with E-state index in [2.05, 4.69) is 32.7 Å². The molecule has 0 amide bonds. The smallest absolute Gasteiger partial charge is 0.191 e. The van der Waals surface area contributed by atoms with Crippen molar-refractivity contribution in [1.29, 1.82) is 0 Å². The van der Waals surface area contributed by atoms with Crippen LogP contribution in [0.3, 0.4) is 0 Å². The molecule has 0 unspecified atom stereocenters. The second kappa shape index (κ2) is 11.0. The minimum Gasteiger partial charge on any atom is -0.383 e. The first-order valence-corrected chi connectivity index (χ1v) is 6.19. The maximum absolute atomic E-state index is 4.99. The zero-order valence-electron chi connectivity index (χ0n) is 11.7. The third kappa shape index (κ3) is 6.71. The predicted octanol–water partition coefficient (Wildman–Crippen LogP) is 0.617. The molecule has 0 saturated carbocycles. The molecule has 0 saturated heterocycles. The van der Waals surface area contributed by atoms with Crippen molar-refractivity contribution in [3.05, 3.63) is 12.2 Å². The van der Waals surface area contributed by atoms with E-state index in [0.29, 0.717) is 13.2 Å². The minimum atomic E-state index is 0. The number of halogens is 1. The second-order valence-corrected chi connectivity index (χ2v) is 3.65. The minimum absolute atomic E-state index is 0. The number of rotatable bonds is 7. The van der Waals surface area contributed by atoms with Gasteiger partial charge in [-0.3, -0.25) is 0 Å². The molecule has 110 valence electrons. The molecule has 0 aliphatic carbocycles. The molecule has 0 aliphatic heterocycles. The standard InChI is InChI=1S/C11H22N6O.HI/c1-4-12-11(13-6-7-18-3)14-8-10-16-15-9-17(10)5-2;/h9H,4-8H2,1-3H3,(H2,12,13,14);1H. The third-order valence-corrected chi connectivity index (χ3v) is 2.36. The molecule has 0 spiro atoms. The SMILES string of the molecule is CCNC(=NCc1nncn1CC)NCCOC.I. The molecule has 8 heteroatoms. The van der Waals surface area contributed by atoms with Gasteiger partial charge in [0.15, 0.2) is 11.8 Å². The number of aromatic nitrogens is 3. The number of aryl methyl sites for hydroxylation is 1. The fraction of sp³-hybridized carbons (Fsp3) is 0.727. The first-order chi connectivity index (χ1) is 8.81. The number of nitrogens with one attached hydrogen (secondary N) is 2. The first kappa shape index (κ1) is 18.1. The molecule has 0 atom stereocenters. The third-order valence-electron chi connectivity index (χ3n) is 2.36. The van der Waals surface area contributed by atoms with Gasteiger partial charge in [-0.25, -0.2) is 4.99 Å². The Morgan fingerprint density at radius 3 is 2.84 bits per heavy atom. The average molecular weight is 382 g/mol. The van der Waals surface area contributed by atoms with Crippen molar-refractivity contribution in [2.75, 3.05) is 26.8 Å². The molecule has 0 fully saturated rings. The molecule has 19 heavy (non-hydrogen) atoms. The van der Waals surface area contributed by atoms with Gasteiger partial charge in [0, 0.05) is 26.7 Å². The van der Waals surface area contributed by atoms with E-state index < -0.39 is 0 Å². The number of hydrogen-bond acceptors (Lipinski definition) is 4. The van der Waals surface area contributed by atoms with Crippen molar-refractivity contribution in [2.24, 2.45) is 4.99 Å². The van der Waals surface area contributed by atoms with Gasteiger partial charge < -0.3 is 19.9 Å². The Bertz CT molecular complexity index is 368. The second-order valence-electron chi connectivity index (χ2n) is 3.65. The summed E-state index contributed by atoms with van der Waals surface area (Å²) in [4.78, 5) is 4.45. The van der Waals surface area contributed by atoms with Crippen LogP contribution >= 0.6 is 24.0 Å². The number of ether oxygens (including phenoxy) is 1. The molecule has 7 nitrogen and oxygen atoms in total. The molecule has 1 rings (SSSR count). The van der Waals surface area contributed by atoms with E-state index in [4.69, 9.17) is 4.74 Å². The highest BCUT2D eigenvalue weighted by Crippen LogP contribution is 1.96. The lowest BCUT2D eigenvalue weighted by Crippen LogP contribution is -2.38. The fourth-order valence-corrected chi connectivity index (χ4v) is 1.43. The van der Waals surface area contributed by atoms with Gasteiger partial charge >= 0.3 is 0 Å². The monoisotopic (exact) mass is 382 g/mol. The number of nitrogens with zero attached hydrogens (tertiary/aromatic N) is 4. The Kier molecular flexibility index (Phi) is 10.5. The molecule has 0 aliphatic rings. The van der Waals surface area contributed by atoms with Crippen LogP contribution in [0.1, 0.15) is 19.7 Å². The predicted molar refractivity (Wildman–Crippen MR) is 85.8 cm³/mol. The van der Waals surface area contributed by atoms with Crippen molar-refractivity contribution in [1.82, 2.24) is 25.4 Å². The largest absolute Gasteiger partial charge is 0.383 e. The van der Waals surface area contributed by atoms with Crippen molar-refractivity contribution in [3.63, 3.8) is 0 Å². The molecular weight excluding hydrogens is 359 g/mol. The quantitative estimate of drug-likeness (QED) is 0.313. The van der Waals surface area contributed by atoms with Crippen LogP contribution in [0.2, 0.25) is 0 Å². The summed E-state index contributed by atoms with van der Waals surface area (Å²) in [7, 11) is 1.68. The Morgan fingerprint density at radius 1 is 1.42 bits per heavy atom. The molecule has 1 aromatic rings. The highest BCUT2D eigenvalue weighted by Gasteiger charge is 2.02. The van der Waals surface area contributed by atoms with E-state index in [1.807, 2.05) is 11.5 Å². The van der Waals surface area contributed by atoms with Gasteiger partial charge in [-0.05, 0) is 13.8 Å². The lowest BCUT2D eigenvalue weighted by molar-refractivity contribution is 0.203. The molecule has 2 N–H and O–H groups in total. The van der Waals surface area contributed by atoms with Crippen LogP contribution in [0.4, 0.5) is 0 Å². The van der Waals surface area contributed by atoms with E-state index in [1.54, 1.807) is 13.4 Å². The van der Waals surface area contributed by atoms with Crippen molar-refractivity contribution in [3.8, 4) is 0 Å². The molecule has 0 radical (unpaired) electrons. The lowest BCUT2D eigenvalue weighted by Gasteiger charge is -2.10. The van der Waals surface area contributed by atoms with Crippen molar-refractivity contribution < 1.29 is 4.74 Å². The summed E-state index contributed by atoms with van der Waals surface area (Å²) < 4.78 is 6.96. The lowest BCUT2D eigenvalue weighted by atomic mass is 10.5. The van der Waals surface area contributed by atoms with Gasteiger partial charge in [0.05, 0.1) is 6.61 Å². The number of methoxy groups -OCH3 is 1. The van der Waals surface area contributed by atoms with E-state index in [1.165, 1.54) is 0 Å². The summed E-state index contributed by atoms with van der Waals surface area (Å²) in [5, 5.41) is 14.3. The highest BCUT2D eigenvalue weighted by atomic mass is 127. The molecule has 1 aromatic heterocycles. The average Bonchev–Trinajstić information content (AvgIpc) is 2.83. The van der Waals surface area contributed by atoms with E-state index in [9.17, 15) is 0 Å². The van der Waals surface area contributed by atoms with Gasteiger partial charge in [0.2, 0.25) is 0 Å². The van der Waals surface area contributed by atoms with Crippen molar-refractivity contribution in [2.45, 2.75) is 26.9 Å². The van der Waals surface area contributed by atoms with Gasteiger partial charge in [0.1, 0.15) is 12.9 Å². The first-order valence-electron chi connectivity index (χ1n) is 6.19. The number of guanidine groups is 1. The Labute approximate surface area is 131 Å². The maximum Gasteiger partial charge on any atom is 0.191 e. The summed E-state index contributed by atoms with van der Waals surface area (Å²) in [6.07, 6.45) is 1.72. The van der Waals surface area contributed by atoms with Gasteiger partial charge in [-0.1, -0.05) is 0 Å². The van der Waals surface area contributed by atoms with Crippen LogP contribution in [0.15, 0.2) is 11.3 Å². The Balaban J connectivity index is 0.00000324. The van der Waals surface area contributed by atoms with Crippen molar-refractivity contribution >= 4 is 29.9 Å². The topological polar surface area (TPSA) is 76.4 Å². The van der Waals surface area contributed by atoms with Crippen LogP contribution in [-0.4, -0.2) is 47.5 Å². The van der Waals surface area contributed by atoms with Gasteiger partial charge in [-0.2, -0.15) is 0 Å². The molecule has 0 aromatic carbocycles. The summed E-state index contributed by atoms with van der Waals surface area (Å²) >= 11 is 0. The zero-order chi connectivity index (χ0) is 13.2. The summed E-state index contributed by atoms with van der Waals surface area (Å²) in [5.74, 6) is 1.63. The zero-order valence-corrected chi connectivity index (χ0v) is 14.0. The fourth-order valence-electron chi connectivity index (χ4n) is 1.43. The Morgan fingerprint density at radius 2 is 2.21 bits per heavy atom. The van der Waals surface area contributed by atoms with Crippen LogP contribution < -0.4 is 10.6 Å². The van der Waals surface area contributed by atoms with E-state index >= 15 is 0 Å². The summed E-state index contributed by atoms with van der Waals surface area (Å²) in [5.41, 5.74) is 0. The van der Waals surface area contributed by atoms with E-state index in [0.717, 1.165) is 31.4 Å². The van der Waals surface area contributed by atoms with Gasteiger partial charge in [-0.15, -0.1) is 34.2 Å². The highest BCUT2D eigenvalue weighted by molar-refractivity contribution is 14.0. The van der Waals surface area contributed by atoms with Crippen LogP contribution in [0.5, 0.6) is 0 Å².